The molecule has 0 aliphatic heterocycles. The maximum Gasteiger partial charge on any atom is 0.242 e. The van der Waals surface area contributed by atoms with E-state index in [1.54, 1.807) is 0 Å². The molecule has 1 atom stereocenters. The van der Waals surface area contributed by atoms with Gasteiger partial charge in [0, 0.05) is 18.7 Å². The molecule has 0 aliphatic carbocycles. The van der Waals surface area contributed by atoms with Gasteiger partial charge in [-0.2, -0.15) is 0 Å². The summed E-state index contributed by atoms with van der Waals surface area (Å²) in [6, 6.07) is -0.215. The summed E-state index contributed by atoms with van der Waals surface area (Å²) < 4.78 is 0. The van der Waals surface area contributed by atoms with Gasteiger partial charge in [-0.3, -0.25) is 4.79 Å². The third-order valence-corrected chi connectivity index (χ3v) is 2.71. The Labute approximate surface area is 114 Å². The van der Waals surface area contributed by atoms with Gasteiger partial charge in [0.15, 0.2) is 0 Å². The molecule has 1 rings (SSSR count). The van der Waals surface area contributed by atoms with Gasteiger partial charge in [0.2, 0.25) is 5.91 Å². The largest absolute Gasteiger partial charge is 0.373 e. The average molecular weight is 265 g/mol. The predicted molar refractivity (Wildman–Crippen MR) is 77.3 cm³/mol. The molecule has 1 unspecified atom stereocenters. The highest BCUT2D eigenvalue weighted by Gasteiger charge is 2.16. The number of hydrogen-bond donors (Lipinski definition) is 3. The summed E-state index contributed by atoms with van der Waals surface area (Å²) in [5, 5.41) is 9.04. The normalized spacial score (nSPS) is 12.1. The molecular weight excluding hydrogens is 242 g/mol. The quantitative estimate of drug-likeness (QED) is 0.724. The van der Waals surface area contributed by atoms with E-state index in [2.05, 4.69) is 25.9 Å². The van der Waals surface area contributed by atoms with E-state index in [0.29, 0.717) is 5.82 Å². The van der Waals surface area contributed by atoms with Crippen LogP contribution in [-0.4, -0.2) is 35.0 Å². The first-order valence-electron chi connectivity index (χ1n) is 6.58. The summed E-state index contributed by atoms with van der Waals surface area (Å²) in [5.41, 5.74) is 0.981. The average Bonchev–Trinajstić information content (AvgIpc) is 2.37. The fourth-order valence-electron chi connectivity index (χ4n) is 1.77. The van der Waals surface area contributed by atoms with E-state index in [1.807, 2.05) is 34.7 Å². The molecule has 0 spiro atoms. The van der Waals surface area contributed by atoms with Crippen molar-refractivity contribution < 1.29 is 4.79 Å². The van der Waals surface area contributed by atoms with E-state index >= 15 is 0 Å². The number of nitrogens with zero attached hydrogens (tertiary/aromatic N) is 2. The number of carbonyl (C=O) groups is 1. The summed E-state index contributed by atoms with van der Waals surface area (Å²) in [7, 11) is 1.82. The minimum absolute atomic E-state index is 0.0401. The van der Waals surface area contributed by atoms with Crippen LogP contribution in [0.2, 0.25) is 0 Å². The van der Waals surface area contributed by atoms with E-state index in [9.17, 15) is 4.79 Å². The third-order valence-electron chi connectivity index (χ3n) is 2.71. The van der Waals surface area contributed by atoms with Gasteiger partial charge in [0.05, 0.1) is 0 Å². The maximum absolute atomic E-state index is 11.9. The number of aromatic nitrogens is 2. The van der Waals surface area contributed by atoms with Gasteiger partial charge in [-0.1, -0.05) is 6.92 Å². The van der Waals surface area contributed by atoms with E-state index in [0.717, 1.165) is 17.8 Å². The molecule has 6 nitrogen and oxygen atoms in total. The predicted octanol–water partition coefficient (Wildman–Crippen LogP) is 1.41. The standard InChI is InChI=1S/C13H23N5O/c1-6-10-11(14-5)15-7-16-12(10)18-9(4)13(19)17-8(2)3/h7-9H,6H2,1-5H3,(H,17,19)(H2,14,15,16,18). The smallest absolute Gasteiger partial charge is 0.242 e. The molecular formula is C13H23N5O. The van der Waals surface area contributed by atoms with Crippen LogP contribution in [0, 0.1) is 0 Å². The summed E-state index contributed by atoms with van der Waals surface area (Å²) >= 11 is 0. The van der Waals surface area contributed by atoms with E-state index in [4.69, 9.17) is 0 Å². The molecule has 0 saturated heterocycles. The Kier molecular flexibility index (Phi) is 5.54. The number of carbonyl (C=O) groups excluding carboxylic acids is 1. The van der Waals surface area contributed by atoms with E-state index in [-0.39, 0.29) is 18.0 Å². The van der Waals surface area contributed by atoms with Crippen LogP contribution >= 0.6 is 0 Å². The van der Waals surface area contributed by atoms with Gasteiger partial charge in [0.25, 0.3) is 0 Å². The topological polar surface area (TPSA) is 78.9 Å². The van der Waals surface area contributed by atoms with Gasteiger partial charge < -0.3 is 16.0 Å². The van der Waals surface area contributed by atoms with Crippen molar-refractivity contribution in [1.29, 1.82) is 0 Å². The first-order valence-corrected chi connectivity index (χ1v) is 6.58. The lowest BCUT2D eigenvalue weighted by Crippen LogP contribution is -2.41. The van der Waals surface area contributed by atoms with E-state index < -0.39 is 0 Å². The van der Waals surface area contributed by atoms with Crippen molar-refractivity contribution in [3.05, 3.63) is 11.9 Å². The Morgan fingerprint density at radius 1 is 1.26 bits per heavy atom. The summed E-state index contributed by atoms with van der Waals surface area (Å²) in [6.07, 6.45) is 2.28. The molecule has 0 aliphatic rings. The van der Waals surface area contributed by atoms with Crippen LogP contribution in [0.4, 0.5) is 11.6 Å². The first kappa shape index (κ1) is 15.2. The molecule has 6 heteroatoms. The molecule has 1 aromatic heterocycles. The maximum atomic E-state index is 11.9. The molecule has 0 bridgehead atoms. The number of nitrogens with one attached hydrogen (secondary N) is 3. The van der Waals surface area contributed by atoms with Gasteiger partial charge in [-0.05, 0) is 27.2 Å². The number of amides is 1. The molecule has 0 saturated carbocycles. The Balaban J connectivity index is 2.84. The lowest BCUT2D eigenvalue weighted by Gasteiger charge is -2.19. The molecule has 3 N–H and O–H groups in total. The Hall–Kier alpha value is -1.85. The lowest BCUT2D eigenvalue weighted by atomic mass is 10.2. The zero-order valence-corrected chi connectivity index (χ0v) is 12.2. The van der Waals surface area contributed by atoms with Crippen molar-refractivity contribution in [2.45, 2.75) is 46.2 Å². The highest BCUT2D eigenvalue weighted by atomic mass is 16.2. The zero-order valence-electron chi connectivity index (χ0n) is 12.2. The Morgan fingerprint density at radius 2 is 1.89 bits per heavy atom. The Morgan fingerprint density at radius 3 is 2.42 bits per heavy atom. The van der Waals surface area contributed by atoms with Crippen LogP contribution in [0.1, 0.15) is 33.3 Å². The molecule has 1 heterocycles. The fourth-order valence-corrected chi connectivity index (χ4v) is 1.77. The van der Waals surface area contributed by atoms with Crippen LogP contribution in [0.3, 0.4) is 0 Å². The molecule has 1 amide bonds. The number of hydrogen-bond acceptors (Lipinski definition) is 5. The lowest BCUT2D eigenvalue weighted by molar-refractivity contribution is -0.122. The Bertz CT molecular complexity index is 433. The van der Waals surface area contributed by atoms with Crippen molar-refractivity contribution >= 4 is 17.5 Å². The van der Waals surface area contributed by atoms with Crippen molar-refractivity contribution in [3.63, 3.8) is 0 Å². The summed E-state index contributed by atoms with van der Waals surface area (Å²) in [6.45, 7) is 7.72. The van der Waals surface area contributed by atoms with E-state index in [1.165, 1.54) is 6.33 Å². The molecule has 1 aromatic rings. The second kappa shape index (κ2) is 6.92. The SMILES string of the molecule is CCc1c(NC)ncnc1NC(C)C(=O)NC(C)C. The van der Waals surface area contributed by atoms with Gasteiger partial charge in [-0.25, -0.2) is 9.97 Å². The van der Waals surface area contributed by atoms with Crippen molar-refractivity contribution in [1.82, 2.24) is 15.3 Å². The monoisotopic (exact) mass is 265 g/mol. The molecule has 106 valence electrons. The second-order valence-corrected chi connectivity index (χ2v) is 4.68. The van der Waals surface area contributed by atoms with Crippen LogP contribution in [-0.2, 0) is 11.2 Å². The van der Waals surface area contributed by atoms with Crippen molar-refractivity contribution in [3.8, 4) is 0 Å². The fraction of sp³-hybridized carbons (Fsp3) is 0.615. The van der Waals surface area contributed by atoms with Crippen molar-refractivity contribution in [2.24, 2.45) is 0 Å². The number of anilines is 2. The number of rotatable bonds is 6. The zero-order chi connectivity index (χ0) is 14.4. The highest BCUT2D eigenvalue weighted by Crippen LogP contribution is 2.20. The molecule has 19 heavy (non-hydrogen) atoms. The van der Waals surface area contributed by atoms with Crippen molar-refractivity contribution in [2.75, 3.05) is 17.7 Å². The van der Waals surface area contributed by atoms with Crippen LogP contribution in [0.25, 0.3) is 0 Å². The first-order chi connectivity index (χ1) is 8.99. The molecule has 0 radical (unpaired) electrons. The van der Waals surface area contributed by atoms with Crippen LogP contribution in [0.5, 0.6) is 0 Å². The summed E-state index contributed by atoms with van der Waals surface area (Å²) in [5.74, 6) is 1.45. The molecule has 0 fully saturated rings. The molecule has 0 aromatic carbocycles. The minimum atomic E-state index is -0.340. The minimum Gasteiger partial charge on any atom is -0.373 e. The third kappa shape index (κ3) is 4.08. The van der Waals surface area contributed by atoms with Gasteiger partial charge in [0.1, 0.15) is 24.0 Å². The highest BCUT2D eigenvalue weighted by molar-refractivity contribution is 5.84. The van der Waals surface area contributed by atoms with Crippen LogP contribution in [0.15, 0.2) is 6.33 Å². The van der Waals surface area contributed by atoms with Gasteiger partial charge >= 0.3 is 0 Å². The second-order valence-electron chi connectivity index (χ2n) is 4.68. The van der Waals surface area contributed by atoms with Crippen LogP contribution < -0.4 is 16.0 Å². The van der Waals surface area contributed by atoms with Gasteiger partial charge in [-0.15, -0.1) is 0 Å². The summed E-state index contributed by atoms with van der Waals surface area (Å²) in [4.78, 5) is 20.3.